The molecule has 3 nitrogen and oxygen atoms in total. The Morgan fingerprint density at radius 1 is 1.64 bits per heavy atom. The van der Waals surface area contributed by atoms with Crippen molar-refractivity contribution >= 4 is 5.97 Å². The van der Waals surface area contributed by atoms with Crippen molar-refractivity contribution in [3.05, 3.63) is 0 Å². The lowest BCUT2D eigenvalue weighted by Gasteiger charge is -2.30. The van der Waals surface area contributed by atoms with Crippen LogP contribution < -0.4 is 0 Å². The maximum atomic E-state index is 11.8. The first-order chi connectivity index (χ1) is 4.92. The number of carbonyl (C=O) groups is 1. The Hall–Kier alpha value is -0.640. The molecule has 11 heavy (non-hydrogen) atoms. The van der Waals surface area contributed by atoms with Gasteiger partial charge in [-0.3, -0.25) is 9.69 Å². The number of nitrogens with zero attached hydrogens (tertiary/aromatic N) is 1. The van der Waals surface area contributed by atoms with Crippen molar-refractivity contribution in [1.82, 2.24) is 4.90 Å². The van der Waals surface area contributed by atoms with Crippen LogP contribution in [-0.2, 0) is 4.79 Å². The van der Waals surface area contributed by atoms with Crippen molar-refractivity contribution in [3.8, 4) is 0 Å². The predicted molar refractivity (Wildman–Crippen MR) is 40.3 cm³/mol. The number of carboxylic acid groups (broad SMARTS) is 1. The van der Waals surface area contributed by atoms with Crippen LogP contribution in [0.5, 0.6) is 0 Å². The highest BCUT2D eigenvalue weighted by atomic mass is 19.1. The molecule has 1 N–H and O–H groups in total. The van der Waals surface area contributed by atoms with Crippen LogP contribution in [0.3, 0.4) is 0 Å². The fourth-order valence-corrected chi connectivity index (χ4v) is 0.570. The molecule has 0 amide bonds. The minimum Gasteiger partial charge on any atom is -0.480 e. The number of alkyl halides is 1. The molecule has 0 unspecified atom stereocenters. The van der Waals surface area contributed by atoms with E-state index in [1.54, 1.807) is 20.9 Å². The van der Waals surface area contributed by atoms with E-state index in [1.807, 2.05) is 0 Å². The molecule has 0 aromatic carbocycles. The summed E-state index contributed by atoms with van der Waals surface area (Å²) < 4.78 is 11.8. The molecular weight excluding hydrogens is 149 g/mol. The minimum atomic E-state index is -0.980. The Morgan fingerprint density at radius 3 is 2.36 bits per heavy atom. The van der Waals surface area contributed by atoms with Crippen LogP contribution in [0.15, 0.2) is 0 Å². The molecule has 0 rings (SSSR count). The van der Waals surface area contributed by atoms with Crippen LogP contribution in [-0.4, -0.2) is 41.8 Å². The molecule has 0 aromatic rings. The molecule has 0 atom stereocenters. The van der Waals surface area contributed by atoms with Crippen molar-refractivity contribution in [2.75, 3.05) is 20.3 Å². The Kier molecular flexibility index (Phi) is 3.45. The molecule has 0 heterocycles. The molecule has 66 valence electrons. The molecule has 0 spiro atoms. The van der Waals surface area contributed by atoms with Crippen LogP contribution in [0.25, 0.3) is 0 Å². The maximum absolute atomic E-state index is 11.8. The third-order valence-corrected chi connectivity index (χ3v) is 1.90. The van der Waals surface area contributed by atoms with E-state index in [2.05, 4.69) is 0 Å². The van der Waals surface area contributed by atoms with E-state index in [1.165, 1.54) is 4.90 Å². The molecule has 0 fully saturated rings. The number of aliphatic carboxylic acids is 1. The topological polar surface area (TPSA) is 40.5 Å². The third kappa shape index (κ3) is 2.46. The van der Waals surface area contributed by atoms with Gasteiger partial charge in [0.1, 0.15) is 12.2 Å². The van der Waals surface area contributed by atoms with Gasteiger partial charge in [-0.05, 0) is 20.9 Å². The number of likely N-dealkylation sites (N-methyl/N-ethyl adjacent to an activating group) is 1. The fourth-order valence-electron chi connectivity index (χ4n) is 0.570. The highest BCUT2D eigenvalue weighted by Crippen LogP contribution is 2.11. The standard InChI is InChI=1S/C7H14FNO2/c1-7(2,6(10)11)9(3)5-4-8/h4-5H2,1-3H3,(H,10,11). The third-order valence-electron chi connectivity index (χ3n) is 1.90. The van der Waals surface area contributed by atoms with E-state index in [0.717, 1.165) is 0 Å². The van der Waals surface area contributed by atoms with E-state index in [-0.39, 0.29) is 6.54 Å². The Labute approximate surface area is 65.8 Å². The van der Waals surface area contributed by atoms with Gasteiger partial charge in [0, 0.05) is 6.54 Å². The van der Waals surface area contributed by atoms with Gasteiger partial charge >= 0.3 is 5.97 Å². The summed E-state index contributed by atoms with van der Waals surface area (Å²) in [7, 11) is 1.59. The smallest absolute Gasteiger partial charge is 0.323 e. The zero-order valence-corrected chi connectivity index (χ0v) is 7.09. The number of hydrogen-bond donors (Lipinski definition) is 1. The van der Waals surface area contributed by atoms with Crippen molar-refractivity contribution in [2.24, 2.45) is 0 Å². The van der Waals surface area contributed by atoms with Gasteiger partial charge in [-0.25, -0.2) is 4.39 Å². The average molecular weight is 163 g/mol. The summed E-state index contributed by atoms with van der Waals surface area (Å²) in [6.07, 6.45) is 0. The van der Waals surface area contributed by atoms with Crippen LogP contribution >= 0.6 is 0 Å². The highest BCUT2D eigenvalue weighted by molar-refractivity contribution is 5.77. The van der Waals surface area contributed by atoms with E-state index < -0.39 is 18.2 Å². The number of hydrogen-bond acceptors (Lipinski definition) is 2. The van der Waals surface area contributed by atoms with E-state index in [4.69, 9.17) is 5.11 Å². The maximum Gasteiger partial charge on any atom is 0.323 e. The summed E-state index contributed by atoms with van der Waals surface area (Å²) in [5, 5.41) is 8.67. The highest BCUT2D eigenvalue weighted by Gasteiger charge is 2.31. The fraction of sp³-hybridized carbons (Fsp3) is 0.857. The van der Waals surface area contributed by atoms with E-state index >= 15 is 0 Å². The number of halogens is 1. The van der Waals surface area contributed by atoms with Crippen molar-refractivity contribution in [1.29, 1.82) is 0 Å². The molecule has 0 aliphatic carbocycles. The second kappa shape index (κ2) is 3.67. The van der Waals surface area contributed by atoms with Crippen molar-refractivity contribution < 1.29 is 14.3 Å². The Morgan fingerprint density at radius 2 is 2.09 bits per heavy atom. The monoisotopic (exact) mass is 163 g/mol. The molecule has 0 aliphatic heterocycles. The summed E-state index contributed by atoms with van der Waals surface area (Å²) >= 11 is 0. The number of rotatable bonds is 4. The minimum absolute atomic E-state index is 0.152. The van der Waals surface area contributed by atoms with Gasteiger partial charge < -0.3 is 5.11 Å². The normalized spacial score (nSPS) is 12.1. The van der Waals surface area contributed by atoms with E-state index in [9.17, 15) is 9.18 Å². The van der Waals surface area contributed by atoms with Gasteiger partial charge in [-0.1, -0.05) is 0 Å². The van der Waals surface area contributed by atoms with Gasteiger partial charge in [-0.2, -0.15) is 0 Å². The molecule has 0 saturated heterocycles. The molecule has 0 saturated carbocycles. The zero-order chi connectivity index (χ0) is 9.07. The summed E-state index contributed by atoms with van der Waals surface area (Å²) in [6.45, 7) is 2.72. The zero-order valence-electron chi connectivity index (χ0n) is 7.09. The molecule has 0 bridgehead atoms. The second-order valence-electron chi connectivity index (χ2n) is 2.97. The molecule has 0 radical (unpaired) electrons. The van der Waals surface area contributed by atoms with Gasteiger partial charge in [0.2, 0.25) is 0 Å². The summed E-state index contributed by atoms with van der Waals surface area (Å²) in [5.74, 6) is -0.937. The SMILES string of the molecule is CN(CCF)C(C)(C)C(=O)O. The average Bonchev–Trinajstić information content (AvgIpc) is 1.88. The summed E-state index contributed by atoms with van der Waals surface area (Å²) in [6, 6.07) is 0. The first-order valence-electron chi connectivity index (χ1n) is 3.43. The largest absolute Gasteiger partial charge is 0.480 e. The van der Waals surface area contributed by atoms with Crippen LogP contribution in [0.4, 0.5) is 4.39 Å². The van der Waals surface area contributed by atoms with Crippen LogP contribution in [0.1, 0.15) is 13.8 Å². The summed E-state index contributed by atoms with van der Waals surface area (Å²) in [4.78, 5) is 12.0. The van der Waals surface area contributed by atoms with E-state index in [0.29, 0.717) is 0 Å². The van der Waals surface area contributed by atoms with Gasteiger partial charge in [0.15, 0.2) is 0 Å². The van der Waals surface area contributed by atoms with Gasteiger partial charge in [0.25, 0.3) is 0 Å². The van der Waals surface area contributed by atoms with Crippen molar-refractivity contribution in [3.63, 3.8) is 0 Å². The number of carboxylic acids is 1. The van der Waals surface area contributed by atoms with Gasteiger partial charge in [-0.15, -0.1) is 0 Å². The molecule has 0 aromatic heterocycles. The molecule has 0 aliphatic rings. The summed E-state index contributed by atoms with van der Waals surface area (Å²) in [5.41, 5.74) is -0.980. The lowest BCUT2D eigenvalue weighted by molar-refractivity contribution is -0.148. The Balaban J connectivity index is 4.17. The Bertz CT molecular complexity index is 147. The van der Waals surface area contributed by atoms with Gasteiger partial charge in [0.05, 0.1) is 0 Å². The van der Waals surface area contributed by atoms with Crippen LogP contribution in [0, 0.1) is 0 Å². The van der Waals surface area contributed by atoms with Crippen LogP contribution in [0.2, 0.25) is 0 Å². The predicted octanol–water partition coefficient (Wildman–Crippen LogP) is 0.751. The van der Waals surface area contributed by atoms with Crippen molar-refractivity contribution in [2.45, 2.75) is 19.4 Å². The lowest BCUT2D eigenvalue weighted by atomic mass is 10.0. The molecule has 4 heteroatoms. The second-order valence-corrected chi connectivity index (χ2v) is 2.97. The first kappa shape index (κ1) is 10.4. The quantitative estimate of drug-likeness (QED) is 0.664. The first-order valence-corrected chi connectivity index (χ1v) is 3.43. The lowest BCUT2D eigenvalue weighted by Crippen LogP contribution is -2.48. The molecular formula is C7H14FNO2.